The number of rotatable bonds is 5. The Morgan fingerprint density at radius 1 is 1.15 bits per heavy atom. The average molecular weight is 371 g/mol. The lowest BCUT2D eigenvalue weighted by Crippen LogP contribution is -2.23. The first-order valence-corrected chi connectivity index (χ1v) is 8.54. The molecule has 26 heavy (non-hydrogen) atoms. The highest BCUT2D eigenvalue weighted by Gasteiger charge is 2.18. The van der Waals surface area contributed by atoms with Crippen LogP contribution in [0.25, 0.3) is 0 Å². The number of hydrogen-bond acceptors (Lipinski definition) is 7. The van der Waals surface area contributed by atoms with Crippen LogP contribution in [-0.2, 0) is 6.54 Å². The molecule has 3 aromatic rings. The fourth-order valence-corrected chi connectivity index (χ4v) is 3.00. The van der Waals surface area contributed by atoms with Gasteiger partial charge in [0, 0.05) is 10.9 Å². The summed E-state index contributed by atoms with van der Waals surface area (Å²) < 4.78 is 15.6. The Kier molecular flexibility index (Phi) is 4.28. The number of carbonyl (C=O) groups excluding carboxylic acids is 2. The van der Waals surface area contributed by atoms with E-state index in [4.69, 9.17) is 13.9 Å². The zero-order valence-electron chi connectivity index (χ0n) is 13.4. The van der Waals surface area contributed by atoms with E-state index in [0.29, 0.717) is 28.0 Å². The smallest absolute Gasteiger partial charge is 0.271 e. The number of nitrogens with zero attached hydrogens (tertiary/aromatic N) is 1. The summed E-state index contributed by atoms with van der Waals surface area (Å²) in [6.45, 7) is 0.408. The highest BCUT2D eigenvalue weighted by Crippen LogP contribution is 2.32. The van der Waals surface area contributed by atoms with E-state index in [9.17, 15) is 9.59 Å². The first-order valence-electron chi connectivity index (χ1n) is 7.66. The molecule has 9 heteroatoms. The number of anilines is 1. The van der Waals surface area contributed by atoms with Gasteiger partial charge in [-0.2, -0.15) is 0 Å². The third-order valence-electron chi connectivity index (χ3n) is 3.60. The minimum absolute atomic E-state index is 0.142. The first-order chi connectivity index (χ1) is 12.7. The van der Waals surface area contributed by atoms with Gasteiger partial charge in [0.25, 0.3) is 11.8 Å². The van der Waals surface area contributed by atoms with Crippen molar-refractivity contribution in [3.8, 4) is 11.5 Å². The number of thiazole rings is 1. The van der Waals surface area contributed by atoms with Crippen molar-refractivity contribution in [1.82, 2.24) is 10.3 Å². The van der Waals surface area contributed by atoms with E-state index in [1.54, 1.807) is 35.7 Å². The van der Waals surface area contributed by atoms with E-state index in [-0.39, 0.29) is 30.8 Å². The summed E-state index contributed by atoms with van der Waals surface area (Å²) in [7, 11) is 0. The van der Waals surface area contributed by atoms with Gasteiger partial charge >= 0.3 is 0 Å². The predicted molar refractivity (Wildman–Crippen MR) is 92.5 cm³/mol. The van der Waals surface area contributed by atoms with Crippen molar-refractivity contribution in [1.29, 1.82) is 0 Å². The molecule has 0 fully saturated rings. The number of furan rings is 1. The number of fused-ring (bicyclic) bond motifs is 1. The molecule has 132 valence electrons. The molecule has 0 saturated carbocycles. The maximum atomic E-state index is 12.3. The van der Waals surface area contributed by atoms with Gasteiger partial charge in [0.1, 0.15) is 11.5 Å². The molecule has 0 bridgehead atoms. The monoisotopic (exact) mass is 371 g/mol. The molecule has 2 amide bonds. The molecule has 0 spiro atoms. The largest absolute Gasteiger partial charge is 0.467 e. The first kappa shape index (κ1) is 16.2. The lowest BCUT2D eigenvalue weighted by Gasteiger charge is -2.03. The molecule has 3 heterocycles. The van der Waals surface area contributed by atoms with E-state index in [2.05, 4.69) is 15.6 Å². The van der Waals surface area contributed by atoms with Gasteiger partial charge in [-0.1, -0.05) is 0 Å². The maximum Gasteiger partial charge on any atom is 0.271 e. The highest BCUT2D eigenvalue weighted by molar-refractivity contribution is 7.14. The van der Waals surface area contributed by atoms with E-state index in [1.807, 2.05) is 0 Å². The van der Waals surface area contributed by atoms with Crippen LogP contribution in [0, 0.1) is 0 Å². The summed E-state index contributed by atoms with van der Waals surface area (Å²) in [6.07, 6.45) is 1.54. The van der Waals surface area contributed by atoms with E-state index in [0.717, 1.165) is 0 Å². The van der Waals surface area contributed by atoms with Crippen molar-refractivity contribution in [2.45, 2.75) is 6.54 Å². The maximum absolute atomic E-state index is 12.3. The van der Waals surface area contributed by atoms with Gasteiger partial charge in [-0.15, -0.1) is 11.3 Å². The van der Waals surface area contributed by atoms with Crippen LogP contribution in [0.5, 0.6) is 11.5 Å². The number of hydrogen-bond donors (Lipinski definition) is 2. The zero-order valence-corrected chi connectivity index (χ0v) is 14.2. The summed E-state index contributed by atoms with van der Waals surface area (Å²) >= 11 is 1.17. The van der Waals surface area contributed by atoms with Crippen molar-refractivity contribution in [2.75, 3.05) is 12.1 Å². The van der Waals surface area contributed by atoms with Gasteiger partial charge in [-0.05, 0) is 30.3 Å². The molecule has 1 aromatic carbocycles. The van der Waals surface area contributed by atoms with Crippen molar-refractivity contribution in [2.24, 2.45) is 0 Å². The topological polar surface area (TPSA) is 103 Å². The number of carbonyl (C=O) groups is 2. The van der Waals surface area contributed by atoms with Gasteiger partial charge in [-0.25, -0.2) is 4.98 Å². The Balaban J connectivity index is 1.38. The molecule has 1 aliphatic heterocycles. The standard InChI is InChI=1S/C17H13N3O5S/c21-15(10-3-4-13-14(6-10)25-9-24-13)20-17-19-12(8-26-17)16(22)18-7-11-2-1-5-23-11/h1-6,8H,7,9H2,(H,18,22)(H,19,20,21). The van der Waals surface area contributed by atoms with Crippen molar-refractivity contribution < 1.29 is 23.5 Å². The van der Waals surface area contributed by atoms with Crippen molar-refractivity contribution in [3.63, 3.8) is 0 Å². The molecule has 0 atom stereocenters. The Morgan fingerprint density at radius 2 is 2.04 bits per heavy atom. The molecular weight excluding hydrogens is 358 g/mol. The Bertz CT molecular complexity index is 951. The van der Waals surface area contributed by atoms with Gasteiger partial charge in [-0.3, -0.25) is 14.9 Å². The fourth-order valence-electron chi connectivity index (χ4n) is 2.31. The van der Waals surface area contributed by atoms with Crippen LogP contribution in [0.15, 0.2) is 46.4 Å². The van der Waals surface area contributed by atoms with Crippen LogP contribution in [0.3, 0.4) is 0 Å². The van der Waals surface area contributed by atoms with Crippen LogP contribution in [0.2, 0.25) is 0 Å². The van der Waals surface area contributed by atoms with Gasteiger partial charge in [0.15, 0.2) is 16.6 Å². The summed E-state index contributed by atoms with van der Waals surface area (Å²) in [6, 6.07) is 8.41. The predicted octanol–water partition coefficient (Wildman–Crippen LogP) is 2.65. The van der Waals surface area contributed by atoms with E-state index >= 15 is 0 Å². The molecule has 0 saturated heterocycles. The van der Waals surface area contributed by atoms with Crippen LogP contribution >= 0.6 is 11.3 Å². The van der Waals surface area contributed by atoms with Crippen LogP contribution in [0.4, 0.5) is 5.13 Å². The molecular formula is C17H13N3O5S. The van der Waals surface area contributed by atoms with Gasteiger partial charge in [0.2, 0.25) is 6.79 Å². The second-order valence-electron chi connectivity index (χ2n) is 5.32. The minimum atomic E-state index is -0.347. The fraction of sp³-hybridized carbons (Fsp3) is 0.118. The van der Waals surface area contributed by atoms with Crippen LogP contribution < -0.4 is 20.1 Å². The highest BCUT2D eigenvalue weighted by atomic mass is 32.1. The number of ether oxygens (including phenoxy) is 2. The number of amides is 2. The van der Waals surface area contributed by atoms with Crippen molar-refractivity contribution in [3.05, 3.63) is 59.0 Å². The van der Waals surface area contributed by atoms with Crippen LogP contribution in [0.1, 0.15) is 26.6 Å². The molecule has 2 aromatic heterocycles. The Hall–Kier alpha value is -3.33. The Labute approximate surface area is 151 Å². The van der Waals surface area contributed by atoms with Gasteiger partial charge in [0.05, 0.1) is 12.8 Å². The van der Waals surface area contributed by atoms with E-state index in [1.165, 1.54) is 17.6 Å². The lowest BCUT2D eigenvalue weighted by atomic mass is 10.2. The summed E-state index contributed by atoms with van der Waals surface area (Å²) in [5.41, 5.74) is 0.635. The van der Waals surface area contributed by atoms with Crippen molar-refractivity contribution >= 4 is 28.3 Å². The zero-order chi connectivity index (χ0) is 17.9. The lowest BCUT2D eigenvalue weighted by molar-refractivity contribution is 0.0942. The summed E-state index contributed by atoms with van der Waals surface area (Å²) in [5.74, 6) is 1.08. The third-order valence-corrected chi connectivity index (χ3v) is 4.35. The Morgan fingerprint density at radius 3 is 2.88 bits per heavy atom. The molecule has 4 rings (SSSR count). The number of nitrogens with one attached hydrogen (secondary N) is 2. The normalized spacial score (nSPS) is 12.0. The quantitative estimate of drug-likeness (QED) is 0.715. The second kappa shape index (κ2) is 6.89. The average Bonchev–Trinajstić information content (AvgIpc) is 3.39. The summed E-state index contributed by atoms with van der Waals surface area (Å²) in [5, 5.41) is 7.27. The molecule has 8 nitrogen and oxygen atoms in total. The molecule has 1 aliphatic rings. The van der Waals surface area contributed by atoms with Crippen LogP contribution in [-0.4, -0.2) is 23.6 Å². The summed E-state index contributed by atoms with van der Waals surface area (Å²) in [4.78, 5) is 28.5. The SMILES string of the molecule is O=C(Nc1nc(C(=O)NCc2ccco2)cs1)c1ccc2c(c1)OCO2. The minimum Gasteiger partial charge on any atom is -0.467 e. The van der Waals surface area contributed by atoms with Gasteiger partial charge < -0.3 is 19.2 Å². The molecule has 0 aliphatic carbocycles. The number of benzene rings is 1. The second-order valence-corrected chi connectivity index (χ2v) is 6.18. The molecule has 0 radical (unpaired) electrons. The number of aromatic nitrogens is 1. The third kappa shape index (κ3) is 3.38. The molecule has 0 unspecified atom stereocenters. The molecule has 2 N–H and O–H groups in total. The van der Waals surface area contributed by atoms with E-state index < -0.39 is 0 Å².